The number of nitrogens with zero attached hydrogens (tertiary/aromatic N) is 1. The minimum atomic E-state index is -4.45. The monoisotopic (exact) mass is 905 g/mol. The van der Waals surface area contributed by atoms with E-state index in [1.807, 2.05) is 63.7 Å². The zero-order valence-corrected chi connectivity index (χ0v) is 40.6. The lowest BCUT2D eigenvalue weighted by Gasteiger charge is -2.24. The number of aryl methyl sites for hydroxylation is 2. The second-order valence-electron chi connectivity index (χ2n) is 17.0. The van der Waals surface area contributed by atoms with Gasteiger partial charge >= 0.3 is 19.8 Å². The fraction of sp³-hybridized carbons (Fsp3) is 0.640. The summed E-state index contributed by atoms with van der Waals surface area (Å²) in [6.07, 6.45) is 34.5. The molecule has 0 fully saturated rings. The molecule has 1 aromatic heterocycles. The summed E-state index contributed by atoms with van der Waals surface area (Å²) in [7, 11) is 1.31. The Labute approximate surface area is 380 Å². The number of phosphoric acid groups is 1. The predicted octanol–water partition coefficient (Wildman–Crippen LogP) is 10.6. The highest BCUT2D eigenvalue weighted by Crippen LogP contribution is 2.43. The normalized spacial score (nSPS) is 15.1. The molecule has 0 aliphatic rings. The molecule has 358 valence electrons. The predicted molar refractivity (Wildman–Crippen MR) is 253 cm³/mol. The largest absolute Gasteiger partial charge is 0.472 e. The summed E-state index contributed by atoms with van der Waals surface area (Å²) in [5.41, 5.74) is 2.60. The molecular weight excluding hydrogens is 822 g/mol. The number of carbonyl (C=O) groups excluding carboxylic acids is 2. The van der Waals surface area contributed by atoms with Gasteiger partial charge < -0.3 is 33.5 Å². The number of aliphatic hydroxyl groups excluding tert-OH is 2. The number of phosphoric ester groups is 1. The number of ether oxygens (including phenoxy) is 2. The maximum Gasteiger partial charge on any atom is 0.472 e. The molecule has 63 heavy (non-hydrogen) atoms. The summed E-state index contributed by atoms with van der Waals surface area (Å²) in [5, 5.41) is 20.1. The minimum Gasteiger partial charge on any atom is -0.466 e. The Morgan fingerprint density at radius 1 is 0.714 bits per heavy atom. The Morgan fingerprint density at radius 3 is 1.98 bits per heavy atom. The smallest absolute Gasteiger partial charge is 0.466 e. The number of hydrogen-bond acceptors (Lipinski definition) is 10. The Balaban J connectivity index is 2.44. The van der Waals surface area contributed by atoms with E-state index < -0.39 is 44.7 Å². The maximum absolute atomic E-state index is 12.7. The summed E-state index contributed by atoms with van der Waals surface area (Å²) in [6, 6.07) is 0. The molecule has 0 radical (unpaired) electrons. The topological polar surface area (TPSA) is 162 Å². The van der Waals surface area contributed by atoms with Gasteiger partial charge in [0.25, 0.3) is 0 Å². The van der Waals surface area contributed by atoms with Crippen molar-refractivity contribution in [2.75, 3.05) is 47.5 Å². The highest BCUT2D eigenvalue weighted by Gasteiger charge is 2.27. The van der Waals surface area contributed by atoms with Gasteiger partial charge in [-0.3, -0.25) is 18.6 Å². The number of carbonyl (C=O) groups is 2. The van der Waals surface area contributed by atoms with E-state index in [0.29, 0.717) is 43.1 Å². The van der Waals surface area contributed by atoms with Crippen LogP contribution in [-0.2, 0) is 45.5 Å². The molecular formula is C50H83NO11P+. The van der Waals surface area contributed by atoms with Crippen molar-refractivity contribution < 1.29 is 56.7 Å². The molecule has 0 amide bonds. The second-order valence-corrected chi connectivity index (χ2v) is 18.5. The van der Waals surface area contributed by atoms with Gasteiger partial charge in [0, 0.05) is 25.7 Å². The van der Waals surface area contributed by atoms with Crippen molar-refractivity contribution in [2.45, 2.75) is 162 Å². The number of allylic oxidation sites excluding steroid dienone is 8. The van der Waals surface area contributed by atoms with Gasteiger partial charge in [-0.05, 0) is 76.3 Å². The lowest BCUT2D eigenvalue weighted by molar-refractivity contribution is -0.870. The fourth-order valence-electron chi connectivity index (χ4n) is 6.21. The summed E-state index contributed by atoms with van der Waals surface area (Å²) in [5.74, 6) is 1.26. The van der Waals surface area contributed by atoms with E-state index in [2.05, 4.69) is 27.7 Å². The number of rotatable bonds is 37. The van der Waals surface area contributed by atoms with E-state index in [1.54, 1.807) is 30.4 Å². The third kappa shape index (κ3) is 32.0. The first kappa shape index (κ1) is 57.7. The first-order valence-electron chi connectivity index (χ1n) is 23.3. The number of hydrogen-bond donors (Lipinski definition) is 3. The van der Waals surface area contributed by atoms with Crippen LogP contribution in [0, 0.1) is 13.8 Å². The summed E-state index contributed by atoms with van der Waals surface area (Å²) in [6.45, 7) is 8.19. The molecule has 12 nitrogen and oxygen atoms in total. The summed E-state index contributed by atoms with van der Waals surface area (Å²) >= 11 is 0. The molecule has 0 saturated carbocycles. The van der Waals surface area contributed by atoms with Gasteiger partial charge in [-0.15, -0.1) is 0 Å². The molecule has 1 unspecified atom stereocenters. The zero-order chi connectivity index (χ0) is 46.8. The van der Waals surface area contributed by atoms with Crippen LogP contribution in [0.15, 0.2) is 77.3 Å². The van der Waals surface area contributed by atoms with E-state index in [1.165, 1.54) is 24.0 Å². The number of furan rings is 1. The molecule has 0 aliphatic carbocycles. The molecule has 1 aromatic rings. The SMILES string of the molecule is CC/C=C\C[C@H](O)/C=C/C=C\C/C=C\C=C\[C@H](O)/C=C\CCCC(=O)O[C@H](COC(=O)CCCCCCCCCCc1oc(CCC)c(C)c1C)COP(=O)(O)OCC[N+](C)(C)C. The fourth-order valence-corrected chi connectivity index (χ4v) is 6.95. The van der Waals surface area contributed by atoms with Crippen molar-refractivity contribution in [3.8, 4) is 0 Å². The third-order valence-electron chi connectivity index (χ3n) is 10.1. The van der Waals surface area contributed by atoms with Gasteiger partial charge in [-0.1, -0.05) is 125 Å². The van der Waals surface area contributed by atoms with Crippen LogP contribution < -0.4 is 0 Å². The van der Waals surface area contributed by atoms with Crippen LogP contribution in [0.4, 0.5) is 0 Å². The molecule has 0 bridgehead atoms. The Kier molecular flexibility index (Phi) is 32.0. The molecule has 4 atom stereocenters. The Morgan fingerprint density at radius 2 is 1.33 bits per heavy atom. The van der Waals surface area contributed by atoms with Crippen LogP contribution >= 0.6 is 7.82 Å². The van der Waals surface area contributed by atoms with Crippen LogP contribution in [0.25, 0.3) is 0 Å². The average molecular weight is 905 g/mol. The van der Waals surface area contributed by atoms with E-state index >= 15 is 0 Å². The van der Waals surface area contributed by atoms with Crippen molar-refractivity contribution in [1.29, 1.82) is 0 Å². The zero-order valence-electron chi connectivity index (χ0n) is 39.7. The maximum atomic E-state index is 12.7. The van der Waals surface area contributed by atoms with Crippen molar-refractivity contribution in [3.63, 3.8) is 0 Å². The van der Waals surface area contributed by atoms with E-state index in [0.717, 1.165) is 69.3 Å². The highest BCUT2D eigenvalue weighted by molar-refractivity contribution is 7.47. The minimum absolute atomic E-state index is 0.0167. The van der Waals surface area contributed by atoms with Crippen LogP contribution in [0.3, 0.4) is 0 Å². The molecule has 0 aromatic carbocycles. The van der Waals surface area contributed by atoms with Gasteiger partial charge in [0.05, 0.1) is 40.0 Å². The summed E-state index contributed by atoms with van der Waals surface area (Å²) < 4.78 is 40.3. The van der Waals surface area contributed by atoms with Crippen molar-refractivity contribution >= 4 is 19.8 Å². The molecule has 0 spiro atoms. The lowest BCUT2D eigenvalue weighted by atomic mass is 10.0. The van der Waals surface area contributed by atoms with Crippen molar-refractivity contribution in [3.05, 3.63) is 95.6 Å². The van der Waals surface area contributed by atoms with Crippen LogP contribution in [-0.4, -0.2) is 97.3 Å². The molecule has 0 saturated heterocycles. The Bertz CT molecular complexity index is 1620. The van der Waals surface area contributed by atoms with Crippen molar-refractivity contribution in [1.82, 2.24) is 0 Å². The highest BCUT2D eigenvalue weighted by atomic mass is 31.2. The van der Waals surface area contributed by atoms with Gasteiger partial charge in [0.1, 0.15) is 31.3 Å². The summed E-state index contributed by atoms with van der Waals surface area (Å²) in [4.78, 5) is 35.5. The van der Waals surface area contributed by atoms with Crippen LogP contribution in [0.2, 0.25) is 0 Å². The molecule has 1 heterocycles. The quantitative estimate of drug-likeness (QED) is 0.0145. The average Bonchev–Trinajstić information content (AvgIpc) is 3.48. The number of quaternary nitrogens is 1. The first-order chi connectivity index (χ1) is 30.1. The second kappa shape index (κ2) is 35.0. The Hall–Kier alpha value is -3.35. The van der Waals surface area contributed by atoms with E-state index in [-0.39, 0.29) is 26.1 Å². The standard InChI is InChI=1S/C50H82NO11P/c1-8-10-23-31-44(52)32-24-18-14-13-15-19-25-33-45(53)34-26-22-29-37-50(55)61-46(41-60-63(56,57)59-39-38-51(5,6)7)40-58-49(54)36-28-21-17-12-11-16-20-27-35-48-43(4)42(3)47(62-48)30-9-2/h10,14-15,18-19,23-26,32-34,44-46,52-53H,8-9,11-13,16-17,20-22,27-31,35-41H2,1-7H3/p+1/b18-14-,19-15-,23-10-,32-24+,33-25+,34-26-/t44-,45-,46+/m0/s1. The number of unbranched alkanes of at least 4 members (excludes halogenated alkanes) is 8. The molecule has 0 aliphatic heterocycles. The number of aliphatic hydroxyl groups is 2. The molecule has 13 heteroatoms. The van der Waals surface area contributed by atoms with Gasteiger partial charge in [0.2, 0.25) is 0 Å². The van der Waals surface area contributed by atoms with E-state index in [4.69, 9.17) is 22.9 Å². The first-order valence-corrected chi connectivity index (χ1v) is 24.8. The lowest BCUT2D eigenvalue weighted by Crippen LogP contribution is -2.37. The van der Waals surface area contributed by atoms with Gasteiger partial charge in [-0.25, -0.2) is 4.57 Å². The van der Waals surface area contributed by atoms with Crippen LogP contribution in [0.5, 0.6) is 0 Å². The number of esters is 2. The molecule has 3 N–H and O–H groups in total. The third-order valence-corrected chi connectivity index (χ3v) is 11.1. The van der Waals surface area contributed by atoms with Gasteiger partial charge in [-0.2, -0.15) is 0 Å². The van der Waals surface area contributed by atoms with Gasteiger partial charge in [0.15, 0.2) is 6.10 Å². The van der Waals surface area contributed by atoms with E-state index in [9.17, 15) is 29.3 Å². The van der Waals surface area contributed by atoms with Crippen molar-refractivity contribution in [2.24, 2.45) is 0 Å². The number of likely N-dealkylation sites (N-methyl/N-ethyl adjacent to an activating group) is 1. The van der Waals surface area contributed by atoms with Crippen LogP contribution in [0.1, 0.15) is 139 Å². The molecule has 1 rings (SSSR count).